The Hall–Kier alpha value is -1.36. The molecule has 2 rings (SSSR count). The van der Waals surface area contributed by atoms with Gasteiger partial charge in [-0.25, -0.2) is 0 Å². The van der Waals surface area contributed by atoms with Gasteiger partial charge >= 0.3 is 5.97 Å². The number of carboxylic acid groups (broad SMARTS) is 1. The van der Waals surface area contributed by atoms with Crippen LogP contribution in [0.3, 0.4) is 0 Å². The molecule has 0 radical (unpaired) electrons. The maximum Gasteiger partial charge on any atom is 0.310 e. The number of carboxylic acids is 1. The molecule has 1 aliphatic carbocycles. The third-order valence-electron chi connectivity index (χ3n) is 4.08. The second-order valence-corrected chi connectivity index (χ2v) is 7.03. The Kier molecular flexibility index (Phi) is 4.48. The maximum absolute atomic E-state index is 12.1. The number of aliphatic carboxylic acids is 1. The molecule has 1 unspecified atom stereocenters. The van der Waals surface area contributed by atoms with Gasteiger partial charge in [0.15, 0.2) is 0 Å². The van der Waals surface area contributed by atoms with Crippen LogP contribution < -0.4 is 5.32 Å². The standard InChI is InChI=1S/C15H21NO3S/c1-10-5-6-12(20-10)11(2)16-13(17)9-15(14(18)19)7-3-4-8-15/h5-6,11H,3-4,7-9H2,1-2H3,(H,16,17)(H,18,19). The fourth-order valence-corrected chi connectivity index (χ4v) is 3.75. The monoisotopic (exact) mass is 295 g/mol. The number of amides is 1. The molecule has 0 aliphatic heterocycles. The Morgan fingerprint density at radius 3 is 2.55 bits per heavy atom. The molecule has 0 saturated heterocycles. The number of carbonyl (C=O) groups is 2. The van der Waals surface area contributed by atoms with Crippen LogP contribution >= 0.6 is 11.3 Å². The Morgan fingerprint density at radius 1 is 1.40 bits per heavy atom. The zero-order chi connectivity index (χ0) is 14.8. The van der Waals surface area contributed by atoms with E-state index in [-0.39, 0.29) is 18.4 Å². The fourth-order valence-electron chi connectivity index (χ4n) is 2.88. The van der Waals surface area contributed by atoms with E-state index in [2.05, 4.69) is 5.32 Å². The summed E-state index contributed by atoms with van der Waals surface area (Å²) in [5.41, 5.74) is -0.838. The summed E-state index contributed by atoms with van der Waals surface area (Å²) in [4.78, 5) is 25.9. The molecule has 5 heteroatoms. The van der Waals surface area contributed by atoms with E-state index < -0.39 is 11.4 Å². The summed E-state index contributed by atoms with van der Waals surface area (Å²) < 4.78 is 0. The van der Waals surface area contributed by atoms with Crippen molar-refractivity contribution in [3.63, 3.8) is 0 Å². The van der Waals surface area contributed by atoms with Crippen molar-refractivity contribution in [1.82, 2.24) is 5.32 Å². The van der Waals surface area contributed by atoms with Gasteiger partial charge in [-0.1, -0.05) is 12.8 Å². The lowest BCUT2D eigenvalue weighted by Gasteiger charge is -2.24. The van der Waals surface area contributed by atoms with E-state index in [1.54, 1.807) is 11.3 Å². The van der Waals surface area contributed by atoms with Crippen LogP contribution in [0.5, 0.6) is 0 Å². The number of aryl methyl sites for hydroxylation is 1. The fraction of sp³-hybridized carbons (Fsp3) is 0.600. The highest BCUT2D eigenvalue weighted by Gasteiger charge is 2.43. The van der Waals surface area contributed by atoms with Crippen molar-refractivity contribution in [2.75, 3.05) is 0 Å². The normalized spacial score (nSPS) is 18.7. The largest absolute Gasteiger partial charge is 0.481 e. The van der Waals surface area contributed by atoms with Crippen LogP contribution in [0.2, 0.25) is 0 Å². The second-order valence-electron chi connectivity index (χ2n) is 5.71. The number of rotatable bonds is 5. The van der Waals surface area contributed by atoms with Gasteiger partial charge in [-0.15, -0.1) is 11.3 Å². The smallest absolute Gasteiger partial charge is 0.310 e. The molecule has 0 bridgehead atoms. The molecule has 0 aromatic carbocycles. The molecule has 2 N–H and O–H groups in total. The average molecular weight is 295 g/mol. The number of hydrogen-bond donors (Lipinski definition) is 2. The molecule has 110 valence electrons. The molecule has 4 nitrogen and oxygen atoms in total. The van der Waals surface area contributed by atoms with Gasteiger partial charge in [0.05, 0.1) is 11.5 Å². The summed E-state index contributed by atoms with van der Waals surface area (Å²) in [6, 6.07) is 3.97. The number of hydrogen-bond acceptors (Lipinski definition) is 3. The molecule has 1 amide bonds. The SMILES string of the molecule is Cc1ccc(C(C)NC(=O)CC2(C(=O)O)CCCC2)s1. The van der Waals surface area contributed by atoms with E-state index in [0.29, 0.717) is 12.8 Å². The van der Waals surface area contributed by atoms with Crippen LogP contribution in [0, 0.1) is 12.3 Å². The van der Waals surface area contributed by atoms with Crippen molar-refractivity contribution in [3.8, 4) is 0 Å². The van der Waals surface area contributed by atoms with Crippen molar-refractivity contribution < 1.29 is 14.7 Å². The van der Waals surface area contributed by atoms with Gasteiger partial charge in [-0.3, -0.25) is 9.59 Å². The summed E-state index contributed by atoms with van der Waals surface area (Å²) in [7, 11) is 0. The summed E-state index contributed by atoms with van der Waals surface area (Å²) in [5, 5.41) is 12.3. The highest BCUT2D eigenvalue weighted by atomic mass is 32.1. The first-order valence-electron chi connectivity index (χ1n) is 7.02. The lowest BCUT2D eigenvalue weighted by molar-refractivity contribution is -0.151. The molecule has 1 atom stereocenters. The third kappa shape index (κ3) is 3.20. The molecule has 1 saturated carbocycles. The minimum atomic E-state index is -0.838. The van der Waals surface area contributed by atoms with Gasteiger partial charge in [0.1, 0.15) is 0 Å². The lowest BCUT2D eigenvalue weighted by atomic mass is 9.82. The minimum absolute atomic E-state index is 0.0616. The summed E-state index contributed by atoms with van der Waals surface area (Å²) in [5.74, 6) is -0.988. The van der Waals surface area contributed by atoms with Crippen LogP contribution in [-0.4, -0.2) is 17.0 Å². The Bertz CT molecular complexity index is 503. The van der Waals surface area contributed by atoms with Crippen molar-refractivity contribution in [1.29, 1.82) is 0 Å². The van der Waals surface area contributed by atoms with Gasteiger partial charge in [0, 0.05) is 16.2 Å². The summed E-state index contributed by atoms with van der Waals surface area (Å²) in [6.07, 6.45) is 3.13. The molecule has 1 heterocycles. The highest BCUT2D eigenvalue weighted by Crippen LogP contribution is 2.41. The van der Waals surface area contributed by atoms with E-state index in [1.165, 1.54) is 4.88 Å². The van der Waals surface area contributed by atoms with Gasteiger partial charge in [0.25, 0.3) is 0 Å². The molecule has 1 aliphatic rings. The average Bonchev–Trinajstić information content (AvgIpc) is 2.98. The maximum atomic E-state index is 12.1. The quantitative estimate of drug-likeness (QED) is 0.876. The van der Waals surface area contributed by atoms with Crippen LogP contribution in [0.4, 0.5) is 0 Å². The molecular formula is C15H21NO3S. The second kappa shape index (κ2) is 5.95. The Morgan fingerprint density at radius 2 is 2.05 bits per heavy atom. The van der Waals surface area contributed by atoms with Crippen molar-refractivity contribution >= 4 is 23.2 Å². The molecule has 0 spiro atoms. The topological polar surface area (TPSA) is 66.4 Å². The predicted molar refractivity (Wildman–Crippen MR) is 78.8 cm³/mol. The summed E-state index contributed by atoms with van der Waals surface area (Å²) in [6.45, 7) is 3.96. The first-order chi connectivity index (χ1) is 9.43. The van der Waals surface area contributed by atoms with Crippen LogP contribution in [0.25, 0.3) is 0 Å². The molecule has 1 aromatic rings. The summed E-state index contributed by atoms with van der Waals surface area (Å²) >= 11 is 1.65. The molecular weight excluding hydrogens is 274 g/mol. The van der Waals surface area contributed by atoms with Crippen molar-refractivity contribution in [2.45, 2.75) is 52.0 Å². The Balaban J connectivity index is 1.96. The lowest BCUT2D eigenvalue weighted by Crippen LogP contribution is -2.36. The van der Waals surface area contributed by atoms with Gasteiger partial charge in [-0.2, -0.15) is 0 Å². The van der Waals surface area contributed by atoms with Gasteiger partial charge < -0.3 is 10.4 Å². The van der Waals surface area contributed by atoms with E-state index in [4.69, 9.17) is 0 Å². The third-order valence-corrected chi connectivity index (χ3v) is 5.26. The number of carbonyl (C=O) groups excluding carboxylic acids is 1. The molecule has 1 aromatic heterocycles. The van der Waals surface area contributed by atoms with Crippen LogP contribution in [0.1, 0.15) is 54.8 Å². The highest BCUT2D eigenvalue weighted by molar-refractivity contribution is 7.12. The predicted octanol–water partition coefficient (Wildman–Crippen LogP) is 3.27. The zero-order valence-corrected chi connectivity index (χ0v) is 12.8. The van der Waals surface area contributed by atoms with Crippen LogP contribution in [-0.2, 0) is 9.59 Å². The van der Waals surface area contributed by atoms with E-state index in [1.807, 2.05) is 26.0 Å². The first kappa shape index (κ1) is 15.0. The number of thiophene rings is 1. The first-order valence-corrected chi connectivity index (χ1v) is 7.84. The number of nitrogens with one attached hydrogen (secondary N) is 1. The molecule has 20 heavy (non-hydrogen) atoms. The van der Waals surface area contributed by atoms with Crippen molar-refractivity contribution in [3.05, 3.63) is 21.9 Å². The zero-order valence-electron chi connectivity index (χ0n) is 11.9. The van der Waals surface area contributed by atoms with Crippen molar-refractivity contribution in [2.24, 2.45) is 5.41 Å². The van der Waals surface area contributed by atoms with Gasteiger partial charge in [-0.05, 0) is 38.8 Å². The van der Waals surface area contributed by atoms with Crippen LogP contribution in [0.15, 0.2) is 12.1 Å². The van der Waals surface area contributed by atoms with E-state index in [9.17, 15) is 14.7 Å². The minimum Gasteiger partial charge on any atom is -0.481 e. The Labute approximate surface area is 123 Å². The molecule has 1 fully saturated rings. The van der Waals surface area contributed by atoms with Gasteiger partial charge in [0.2, 0.25) is 5.91 Å². The van der Waals surface area contributed by atoms with E-state index >= 15 is 0 Å². The van der Waals surface area contributed by atoms with E-state index in [0.717, 1.165) is 17.7 Å².